The lowest BCUT2D eigenvalue weighted by Crippen LogP contribution is -2.11. The van der Waals surface area contributed by atoms with Crippen LogP contribution in [0.3, 0.4) is 0 Å². The van der Waals surface area contributed by atoms with E-state index in [0.29, 0.717) is 11.3 Å². The monoisotopic (exact) mass is 284 g/mol. The first-order valence-electron chi connectivity index (χ1n) is 6.75. The number of nitrogens with zero attached hydrogens (tertiary/aromatic N) is 1. The van der Waals surface area contributed by atoms with Crippen molar-refractivity contribution in [2.45, 2.75) is 19.8 Å². The summed E-state index contributed by atoms with van der Waals surface area (Å²) in [7, 11) is 0. The SMILES string of the molecule is CCCc1ccc(NC(=O)c2ccc([N+](=O)[O-])cc2)cc1. The van der Waals surface area contributed by atoms with Gasteiger partial charge in [-0.3, -0.25) is 14.9 Å². The maximum Gasteiger partial charge on any atom is 0.269 e. The Balaban J connectivity index is 2.05. The normalized spacial score (nSPS) is 10.1. The molecule has 0 aliphatic heterocycles. The summed E-state index contributed by atoms with van der Waals surface area (Å²) >= 11 is 0. The van der Waals surface area contributed by atoms with Gasteiger partial charge in [-0.2, -0.15) is 0 Å². The van der Waals surface area contributed by atoms with E-state index in [9.17, 15) is 14.9 Å². The van der Waals surface area contributed by atoms with E-state index in [1.165, 1.54) is 29.8 Å². The van der Waals surface area contributed by atoms with Crippen molar-refractivity contribution >= 4 is 17.3 Å². The Morgan fingerprint density at radius 2 is 1.71 bits per heavy atom. The number of carbonyl (C=O) groups is 1. The van der Waals surface area contributed by atoms with E-state index >= 15 is 0 Å². The van der Waals surface area contributed by atoms with Crippen molar-refractivity contribution in [3.05, 3.63) is 69.8 Å². The highest BCUT2D eigenvalue weighted by atomic mass is 16.6. The number of benzene rings is 2. The van der Waals surface area contributed by atoms with Crippen molar-refractivity contribution < 1.29 is 9.72 Å². The van der Waals surface area contributed by atoms with Gasteiger partial charge < -0.3 is 5.32 Å². The van der Waals surface area contributed by atoms with E-state index in [4.69, 9.17) is 0 Å². The number of aryl methyl sites for hydroxylation is 1. The molecule has 108 valence electrons. The number of rotatable bonds is 5. The summed E-state index contributed by atoms with van der Waals surface area (Å²) in [6.45, 7) is 2.12. The molecule has 0 saturated carbocycles. The molecule has 0 aliphatic carbocycles. The summed E-state index contributed by atoms with van der Waals surface area (Å²) in [5, 5.41) is 13.3. The highest BCUT2D eigenvalue weighted by Gasteiger charge is 2.09. The van der Waals surface area contributed by atoms with Crippen LogP contribution in [0.4, 0.5) is 11.4 Å². The van der Waals surface area contributed by atoms with Crippen molar-refractivity contribution in [2.75, 3.05) is 5.32 Å². The number of hydrogen-bond acceptors (Lipinski definition) is 3. The average Bonchev–Trinajstić information content (AvgIpc) is 2.49. The lowest BCUT2D eigenvalue weighted by Gasteiger charge is -2.06. The lowest BCUT2D eigenvalue weighted by atomic mass is 10.1. The van der Waals surface area contributed by atoms with E-state index < -0.39 is 4.92 Å². The molecular formula is C16H16N2O3. The molecule has 2 rings (SSSR count). The summed E-state index contributed by atoms with van der Waals surface area (Å²) in [6.07, 6.45) is 2.09. The van der Waals surface area contributed by atoms with Crippen LogP contribution < -0.4 is 5.32 Å². The smallest absolute Gasteiger partial charge is 0.269 e. The molecule has 5 heteroatoms. The van der Waals surface area contributed by atoms with Gasteiger partial charge in [0.2, 0.25) is 0 Å². The van der Waals surface area contributed by atoms with E-state index in [2.05, 4.69) is 12.2 Å². The molecule has 0 aromatic heterocycles. The van der Waals surface area contributed by atoms with Crippen molar-refractivity contribution in [3.63, 3.8) is 0 Å². The Morgan fingerprint density at radius 3 is 2.24 bits per heavy atom. The van der Waals surface area contributed by atoms with Crippen molar-refractivity contribution in [3.8, 4) is 0 Å². The maximum absolute atomic E-state index is 12.0. The molecule has 21 heavy (non-hydrogen) atoms. The largest absolute Gasteiger partial charge is 0.322 e. The van der Waals surface area contributed by atoms with Crippen LogP contribution in [0.15, 0.2) is 48.5 Å². The molecule has 0 atom stereocenters. The number of amides is 1. The van der Waals surface area contributed by atoms with Crippen LogP contribution >= 0.6 is 0 Å². The Hall–Kier alpha value is -2.69. The summed E-state index contributed by atoms with van der Waals surface area (Å²) in [4.78, 5) is 22.1. The third-order valence-electron chi connectivity index (χ3n) is 3.09. The van der Waals surface area contributed by atoms with Gasteiger partial charge in [0.15, 0.2) is 0 Å². The summed E-state index contributed by atoms with van der Waals surface area (Å²) < 4.78 is 0. The molecule has 0 aliphatic rings. The number of carbonyl (C=O) groups excluding carboxylic acids is 1. The van der Waals surface area contributed by atoms with Crippen LogP contribution in [0, 0.1) is 10.1 Å². The van der Waals surface area contributed by atoms with Gasteiger partial charge in [-0.1, -0.05) is 25.5 Å². The van der Waals surface area contributed by atoms with Crippen LogP contribution in [-0.4, -0.2) is 10.8 Å². The number of hydrogen-bond donors (Lipinski definition) is 1. The first-order valence-corrected chi connectivity index (χ1v) is 6.75. The fourth-order valence-electron chi connectivity index (χ4n) is 1.98. The quantitative estimate of drug-likeness (QED) is 0.670. The molecule has 2 aromatic rings. The van der Waals surface area contributed by atoms with Crippen molar-refractivity contribution in [1.82, 2.24) is 0 Å². The molecule has 1 amide bonds. The van der Waals surface area contributed by atoms with Gasteiger partial charge in [0.1, 0.15) is 0 Å². The first-order chi connectivity index (χ1) is 10.1. The number of anilines is 1. The predicted octanol–water partition coefficient (Wildman–Crippen LogP) is 3.80. The molecule has 0 bridgehead atoms. The fourth-order valence-corrected chi connectivity index (χ4v) is 1.98. The number of nitro benzene ring substituents is 1. The summed E-state index contributed by atoms with van der Waals surface area (Å²) in [5.41, 5.74) is 2.29. The zero-order chi connectivity index (χ0) is 15.2. The average molecular weight is 284 g/mol. The summed E-state index contributed by atoms with van der Waals surface area (Å²) in [6, 6.07) is 13.2. The second-order valence-corrected chi connectivity index (χ2v) is 4.71. The molecule has 0 heterocycles. The third kappa shape index (κ3) is 3.89. The topological polar surface area (TPSA) is 72.2 Å². The minimum absolute atomic E-state index is 0.0320. The number of nitrogens with one attached hydrogen (secondary N) is 1. The van der Waals surface area contributed by atoms with Gasteiger partial charge in [-0.05, 0) is 36.2 Å². The lowest BCUT2D eigenvalue weighted by molar-refractivity contribution is -0.384. The Bertz CT molecular complexity index is 634. The van der Waals surface area contributed by atoms with Gasteiger partial charge >= 0.3 is 0 Å². The van der Waals surface area contributed by atoms with Crippen molar-refractivity contribution in [2.24, 2.45) is 0 Å². The van der Waals surface area contributed by atoms with Crippen molar-refractivity contribution in [1.29, 1.82) is 0 Å². The predicted molar refractivity (Wildman–Crippen MR) is 81.5 cm³/mol. The highest BCUT2D eigenvalue weighted by Crippen LogP contribution is 2.15. The van der Waals surface area contributed by atoms with Crippen LogP contribution in [0.25, 0.3) is 0 Å². The summed E-state index contributed by atoms with van der Waals surface area (Å²) in [5.74, 6) is -0.284. The maximum atomic E-state index is 12.0. The van der Waals surface area contributed by atoms with Crippen LogP contribution in [0.1, 0.15) is 29.3 Å². The van der Waals surface area contributed by atoms with Gasteiger partial charge in [-0.25, -0.2) is 0 Å². The standard InChI is InChI=1S/C16H16N2O3/c1-2-3-12-4-8-14(9-5-12)17-16(19)13-6-10-15(11-7-13)18(20)21/h4-11H,2-3H2,1H3,(H,17,19). The molecule has 0 radical (unpaired) electrons. The van der Waals surface area contributed by atoms with E-state index in [-0.39, 0.29) is 11.6 Å². The van der Waals surface area contributed by atoms with E-state index in [1.54, 1.807) is 0 Å². The number of non-ortho nitro benzene ring substituents is 1. The molecule has 0 unspecified atom stereocenters. The molecule has 0 fully saturated rings. The molecule has 2 aromatic carbocycles. The Kier molecular flexibility index (Phi) is 4.66. The number of nitro groups is 1. The molecule has 1 N–H and O–H groups in total. The van der Waals surface area contributed by atoms with E-state index in [0.717, 1.165) is 12.8 Å². The molecular weight excluding hydrogens is 268 g/mol. The van der Waals surface area contributed by atoms with Gasteiger partial charge in [0.05, 0.1) is 4.92 Å². The van der Waals surface area contributed by atoms with Crippen LogP contribution in [0.2, 0.25) is 0 Å². The Morgan fingerprint density at radius 1 is 1.10 bits per heavy atom. The molecule has 5 nitrogen and oxygen atoms in total. The Labute approximate surface area is 122 Å². The minimum atomic E-state index is -0.492. The second kappa shape index (κ2) is 6.65. The molecule has 0 spiro atoms. The highest BCUT2D eigenvalue weighted by molar-refractivity contribution is 6.04. The first kappa shape index (κ1) is 14.7. The van der Waals surface area contributed by atoms with Gasteiger partial charge in [0, 0.05) is 23.4 Å². The van der Waals surface area contributed by atoms with Crippen LogP contribution in [0.5, 0.6) is 0 Å². The minimum Gasteiger partial charge on any atom is -0.322 e. The van der Waals surface area contributed by atoms with Gasteiger partial charge in [0.25, 0.3) is 11.6 Å². The second-order valence-electron chi connectivity index (χ2n) is 4.71. The zero-order valence-electron chi connectivity index (χ0n) is 11.7. The molecule has 0 saturated heterocycles. The van der Waals surface area contributed by atoms with Crippen LogP contribution in [-0.2, 0) is 6.42 Å². The fraction of sp³-hybridized carbons (Fsp3) is 0.188. The van der Waals surface area contributed by atoms with Gasteiger partial charge in [-0.15, -0.1) is 0 Å². The zero-order valence-corrected chi connectivity index (χ0v) is 11.7. The third-order valence-corrected chi connectivity index (χ3v) is 3.09. The van der Waals surface area contributed by atoms with E-state index in [1.807, 2.05) is 24.3 Å².